The minimum Gasteiger partial charge on any atom is -0.454 e. The number of nitriles is 1. The van der Waals surface area contributed by atoms with Gasteiger partial charge >= 0.3 is 5.97 Å². The van der Waals surface area contributed by atoms with Crippen LogP contribution in [-0.4, -0.2) is 40.4 Å². The number of ether oxygens (including phenoxy) is 1. The van der Waals surface area contributed by atoms with Crippen LogP contribution in [0.1, 0.15) is 44.0 Å². The summed E-state index contributed by atoms with van der Waals surface area (Å²) in [5, 5.41) is 9.68. The second-order valence-corrected chi connectivity index (χ2v) is 10.4. The predicted molar refractivity (Wildman–Crippen MR) is 143 cm³/mol. The van der Waals surface area contributed by atoms with Crippen LogP contribution in [0.15, 0.2) is 53.6 Å². The zero-order valence-electron chi connectivity index (χ0n) is 20.2. The lowest BCUT2D eigenvalue weighted by atomic mass is 10.1. The largest absolute Gasteiger partial charge is 0.454 e. The molecule has 8 nitrogen and oxygen atoms in total. The van der Waals surface area contributed by atoms with Gasteiger partial charge in [-0.2, -0.15) is 5.26 Å². The lowest BCUT2D eigenvalue weighted by Gasteiger charge is -2.15. The van der Waals surface area contributed by atoms with E-state index in [0.29, 0.717) is 27.0 Å². The number of rotatable bonds is 7. The van der Waals surface area contributed by atoms with Gasteiger partial charge in [0, 0.05) is 17.7 Å². The lowest BCUT2D eigenvalue weighted by molar-refractivity contribution is -0.121. The van der Waals surface area contributed by atoms with Crippen molar-refractivity contribution >= 4 is 64.2 Å². The van der Waals surface area contributed by atoms with Crippen LogP contribution in [0.3, 0.4) is 0 Å². The molecule has 1 aromatic heterocycles. The third-order valence-corrected chi connectivity index (χ3v) is 7.63. The summed E-state index contributed by atoms with van der Waals surface area (Å²) in [5.74, 6) is -2.05. The molecular formula is C27H19Cl2N3O5S. The molecule has 0 spiro atoms. The minimum atomic E-state index is -0.748. The number of aryl methyl sites for hydroxylation is 2. The van der Waals surface area contributed by atoms with Crippen LogP contribution in [-0.2, 0) is 14.3 Å². The van der Waals surface area contributed by atoms with E-state index in [1.165, 1.54) is 42.5 Å². The second-order valence-electron chi connectivity index (χ2n) is 8.43. The number of hydrogen-bond acceptors (Lipinski definition) is 8. The van der Waals surface area contributed by atoms with Gasteiger partial charge in [0.25, 0.3) is 0 Å². The summed E-state index contributed by atoms with van der Waals surface area (Å²) in [7, 11) is 0. The minimum absolute atomic E-state index is 0.0519. The number of carbonyl (C=O) groups excluding carboxylic acids is 4. The molecule has 1 saturated heterocycles. The van der Waals surface area contributed by atoms with Gasteiger partial charge in [-0.1, -0.05) is 35.0 Å². The van der Waals surface area contributed by atoms with Crippen molar-refractivity contribution in [2.45, 2.75) is 30.5 Å². The van der Waals surface area contributed by atoms with Crippen molar-refractivity contribution < 1.29 is 23.9 Å². The van der Waals surface area contributed by atoms with Gasteiger partial charge in [0.05, 0.1) is 32.1 Å². The van der Waals surface area contributed by atoms with Crippen LogP contribution in [0, 0.1) is 25.2 Å². The van der Waals surface area contributed by atoms with E-state index in [2.05, 4.69) is 11.1 Å². The standard InChI is InChI=1S/C27H19Cl2N3O5S/c1-14-9-15(2)31-25(19(14)12-30)38-23-11-24(34)32(26(23)35)18-6-3-16(4-7-18)27(36)37-13-22(33)17-5-8-20(28)21(29)10-17/h3-10,23H,11,13H2,1-2H3. The number of ketones is 1. The number of anilines is 1. The molecule has 0 radical (unpaired) electrons. The van der Waals surface area contributed by atoms with Gasteiger partial charge in [0.2, 0.25) is 11.8 Å². The van der Waals surface area contributed by atoms with E-state index in [9.17, 15) is 24.4 Å². The molecule has 192 valence electrons. The smallest absolute Gasteiger partial charge is 0.338 e. The predicted octanol–water partition coefficient (Wildman–Crippen LogP) is 5.34. The number of benzene rings is 2. The first-order valence-electron chi connectivity index (χ1n) is 11.3. The molecular weight excluding hydrogens is 549 g/mol. The van der Waals surface area contributed by atoms with E-state index in [-0.39, 0.29) is 22.6 Å². The van der Waals surface area contributed by atoms with E-state index in [4.69, 9.17) is 27.9 Å². The van der Waals surface area contributed by atoms with Crippen molar-refractivity contribution in [1.82, 2.24) is 4.98 Å². The quantitative estimate of drug-likeness (QED) is 0.213. The third kappa shape index (κ3) is 5.73. The summed E-state index contributed by atoms with van der Waals surface area (Å²) in [6, 6.07) is 14.0. The Balaban J connectivity index is 1.42. The van der Waals surface area contributed by atoms with Crippen LogP contribution in [0.2, 0.25) is 10.0 Å². The molecule has 0 saturated carbocycles. The van der Waals surface area contributed by atoms with Gasteiger partial charge in [-0.15, -0.1) is 0 Å². The molecule has 1 aliphatic heterocycles. The maximum absolute atomic E-state index is 13.1. The number of nitrogens with zero attached hydrogens (tertiary/aromatic N) is 3. The van der Waals surface area contributed by atoms with Gasteiger partial charge in [-0.05, 0) is 67.9 Å². The number of halogens is 2. The Labute approximate surface area is 232 Å². The zero-order valence-corrected chi connectivity index (χ0v) is 22.5. The number of pyridine rings is 1. The first kappa shape index (κ1) is 27.3. The average molecular weight is 568 g/mol. The number of hydrogen-bond donors (Lipinski definition) is 0. The lowest BCUT2D eigenvalue weighted by Crippen LogP contribution is -2.31. The van der Waals surface area contributed by atoms with Gasteiger partial charge in [0.1, 0.15) is 11.1 Å². The second kappa shape index (κ2) is 11.4. The van der Waals surface area contributed by atoms with Crippen LogP contribution in [0.5, 0.6) is 0 Å². The molecule has 0 N–H and O–H groups in total. The third-order valence-electron chi connectivity index (χ3n) is 5.72. The Hall–Kier alpha value is -3.71. The van der Waals surface area contributed by atoms with Crippen molar-refractivity contribution in [1.29, 1.82) is 5.26 Å². The normalized spacial score (nSPS) is 14.9. The van der Waals surface area contributed by atoms with Crippen LogP contribution < -0.4 is 4.90 Å². The summed E-state index contributed by atoms with van der Waals surface area (Å²) < 4.78 is 5.10. The van der Waals surface area contributed by atoms with Crippen molar-refractivity contribution in [3.05, 3.63) is 86.5 Å². The van der Waals surface area contributed by atoms with E-state index in [1.54, 1.807) is 19.9 Å². The number of imide groups is 1. The first-order valence-corrected chi connectivity index (χ1v) is 12.9. The molecule has 4 rings (SSSR count). The molecule has 38 heavy (non-hydrogen) atoms. The first-order chi connectivity index (χ1) is 18.1. The Kier molecular flexibility index (Phi) is 8.17. The number of thioether (sulfide) groups is 1. The van der Waals surface area contributed by atoms with Gasteiger partial charge in [0.15, 0.2) is 12.4 Å². The molecule has 1 atom stereocenters. The molecule has 2 heterocycles. The van der Waals surface area contributed by atoms with Crippen LogP contribution in [0.25, 0.3) is 0 Å². The SMILES string of the molecule is Cc1cc(C)c(C#N)c(SC2CC(=O)N(c3ccc(C(=O)OCC(=O)c4ccc(Cl)c(Cl)c4)cc3)C2=O)n1. The van der Waals surface area contributed by atoms with Crippen LogP contribution >= 0.6 is 35.0 Å². The fourth-order valence-electron chi connectivity index (χ4n) is 3.84. The van der Waals surface area contributed by atoms with Crippen molar-refractivity contribution in [2.24, 2.45) is 0 Å². The number of carbonyl (C=O) groups is 4. The highest BCUT2D eigenvalue weighted by molar-refractivity contribution is 8.00. The summed E-state index contributed by atoms with van der Waals surface area (Å²) in [6.45, 7) is 3.08. The highest BCUT2D eigenvalue weighted by Crippen LogP contribution is 2.35. The van der Waals surface area contributed by atoms with Crippen LogP contribution in [0.4, 0.5) is 5.69 Å². The Morgan fingerprint density at radius 1 is 1.08 bits per heavy atom. The van der Waals surface area contributed by atoms with Crippen molar-refractivity contribution in [3.63, 3.8) is 0 Å². The van der Waals surface area contributed by atoms with E-state index < -0.39 is 35.4 Å². The number of amides is 2. The van der Waals surface area contributed by atoms with Gasteiger partial charge < -0.3 is 4.74 Å². The summed E-state index contributed by atoms with van der Waals surface area (Å²) >= 11 is 12.9. The zero-order chi connectivity index (χ0) is 27.6. The number of aromatic nitrogens is 1. The summed E-state index contributed by atoms with van der Waals surface area (Å²) in [4.78, 5) is 56.0. The molecule has 1 unspecified atom stereocenters. The molecule has 0 bridgehead atoms. The summed E-state index contributed by atoms with van der Waals surface area (Å²) in [6.07, 6.45) is -0.0519. The number of esters is 1. The fourth-order valence-corrected chi connectivity index (χ4v) is 5.36. The molecule has 2 amide bonds. The highest BCUT2D eigenvalue weighted by atomic mass is 35.5. The molecule has 1 aliphatic rings. The molecule has 11 heteroatoms. The van der Waals surface area contributed by atoms with Crippen molar-refractivity contribution in [2.75, 3.05) is 11.5 Å². The Morgan fingerprint density at radius 3 is 2.42 bits per heavy atom. The topological polar surface area (TPSA) is 117 Å². The highest BCUT2D eigenvalue weighted by Gasteiger charge is 2.41. The summed E-state index contributed by atoms with van der Waals surface area (Å²) in [5.41, 5.74) is 2.51. The maximum atomic E-state index is 13.1. The van der Waals surface area contributed by atoms with E-state index >= 15 is 0 Å². The van der Waals surface area contributed by atoms with E-state index in [1.807, 2.05) is 0 Å². The monoisotopic (exact) mass is 567 g/mol. The van der Waals surface area contributed by atoms with Crippen molar-refractivity contribution in [3.8, 4) is 6.07 Å². The Bertz CT molecular complexity index is 1520. The molecule has 1 fully saturated rings. The van der Waals surface area contributed by atoms with E-state index in [0.717, 1.165) is 22.2 Å². The maximum Gasteiger partial charge on any atom is 0.338 e. The molecule has 3 aromatic rings. The van der Waals surface area contributed by atoms with Gasteiger partial charge in [-0.3, -0.25) is 14.4 Å². The van der Waals surface area contributed by atoms with Gasteiger partial charge in [-0.25, -0.2) is 14.7 Å². The number of Topliss-reactive ketones (excluding diaryl/α,β-unsaturated/α-hetero) is 1. The molecule has 0 aliphatic carbocycles. The Morgan fingerprint density at radius 2 is 1.76 bits per heavy atom. The fraction of sp³-hybridized carbons (Fsp3) is 0.185. The molecule has 2 aromatic carbocycles. The average Bonchev–Trinajstić information content (AvgIpc) is 3.16.